The predicted molar refractivity (Wildman–Crippen MR) is 81.0 cm³/mol. The van der Waals surface area contributed by atoms with E-state index < -0.39 is 17.4 Å². The van der Waals surface area contributed by atoms with Crippen molar-refractivity contribution in [3.05, 3.63) is 0 Å². The second-order valence-electron chi connectivity index (χ2n) is 2.98. The molecule has 0 saturated heterocycles. The molecule has 0 radical (unpaired) electrons. The Kier molecular flexibility index (Phi) is 7.85. The van der Waals surface area contributed by atoms with Crippen LogP contribution in [0.5, 0.6) is 0 Å². The van der Waals surface area contributed by atoms with Crippen molar-refractivity contribution in [3.63, 3.8) is 0 Å². The van der Waals surface area contributed by atoms with Crippen molar-refractivity contribution in [2.45, 2.75) is 20.0 Å². The second-order valence-corrected chi connectivity index (χ2v) is 8.96. The van der Waals surface area contributed by atoms with Crippen LogP contribution in [0.25, 0.3) is 0 Å². The summed E-state index contributed by atoms with van der Waals surface area (Å²) in [6.45, 7) is 5.68. The van der Waals surface area contributed by atoms with Gasteiger partial charge in [0.1, 0.15) is 0 Å². The van der Waals surface area contributed by atoms with Gasteiger partial charge in [-0.25, -0.2) is 14.0 Å². The highest BCUT2D eigenvalue weighted by molar-refractivity contribution is 7.78. The average molecular weight is 322 g/mol. The van der Waals surface area contributed by atoms with Crippen LogP contribution in [0, 0.1) is 0 Å². The van der Waals surface area contributed by atoms with Gasteiger partial charge < -0.3 is 8.54 Å². The number of rotatable bonds is 7. The molecule has 0 bridgehead atoms. The standard InChI is InChI=1S/C7H11N3O2S3Si2/c1-4-11-17(3,10-7-15)12-16(2,8-5-13)9-6-14/h4H2,1-3H3. The molecule has 0 aromatic rings. The summed E-state index contributed by atoms with van der Waals surface area (Å²) in [5.41, 5.74) is 0. The molecule has 1 atom stereocenters. The molecule has 10 heteroatoms. The Bertz CT molecular complexity index is 399. The largest absolute Gasteiger partial charge is 0.475 e. The Morgan fingerprint density at radius 2 is 1.47 bits per heavy atom. The Hall–Kier alpha value is -0.246. The minimum absolute atomic E-state index is 0.441. The summed E-state index contributed by atoms with van der Waals surface area (Å²) in [6.07, 6.45) is 0. The van der Waals surface area contributed by atoms with Gasteiger partial charge in [-0.05, 0) is 50.1 Å². The lowest BCUT2D eigenvalue weighted by Crippen LogP contribution is -2.47. The molecule has 0 heterocycles. The van der Waals surface area contributed by atoms with Gasteiger partial charge in [-0.3, -0.25) is 0 Å². The molecule has 0 aliphatic carbocycles. The highest BCUT2D eigenvalue weighted by Crippen LogP contribution is 2.18. The smallest absolute Gasteiger partial charge is 0.383 e. The molecular weight excluding hydrogens is 310 g/mol. The molecule has 0 rings (SSSR count). The monoisotopic (exact) mass is 321 g/mol. The highest BCUT2D eigenvalue weighted by atomic mass is 32.1. The van der Waals surface area contributed by atoms with Crippen LogP contribution in [-0.4, -0.2) is 39.5 Å². The summed E-state index contributed by atoms with van der Waals surface area (Å²) in [5.74, 6) is 0. The first-order valence-electron chi connectivity index (χ1n) is 4.56. The molecule has 0 saturated carbocycles. The molecule has 1 unspecified atom stereocenters. The van der Waals surface area contributed by atoms with Gasteiger partial charge in [0.05, 0.1) is 15.5 Å². The van der Waals surface area contributed by atoms with Crippen LogP contribution in [0.2, 0.25) is 13.1 Å². The van der Waals surface area contributed by atoms with Crippen LogP contribution in [0.3, 0.4) is 0 Å². The quantitative estimate of drug-likeness (QED) is 0.410. The zero-order valence-electron chi connectivity index (χ0n) is 9.59. The SMILES string of the molecule is CCO[Si](C)(N=C=S)O[Si](C)(N=C=S)N=C=S. The molecule has 0 fully saturated rings. The van der Waals surface area contributed by atoms with Crippen molar-refractivity contribution < 1.29 is 8.54 Å². The molecule has 0 N–H and O–H groups in total. The molecule has 0 spiro atoms. The van der Waals surface area contributed by atoms with E-state index in [1.807, 2.05) is 6.92 Å². The van der Waals surface area contributed by atoms with Crippen LogP contribution in [0.1, 0.15) is 6.92 Å². The van der Waals surface area contributed by atoms with E-state index in [0.717, 1.165) is 0 Å². The van der Waals surface area contributed by atoms with Gasteiger partial charge in [-0.1, -0.05) is 0 Å². The third kappa shape index (κ3) is 6.30. The van der Waals surface area contributed by atoms with E-state index in [2.05, 4.69) is 66.1 Å². The second kappa shape index (κ2) is 7.96. The van der Waals surface area contributed by atoms with Crippen LogP contribution in [0.4, 0.5) is 0 Å². The molecule has 5 nitrogen and oxygen atoms in total. The van der Waals surface area contributed by atoms with Crippen molar-refractivity contribution in [2.75, 3.05) is 6.61 Å². The van der Waals surface area contributed by atoms with Gasteiger partial charge in [0.2, 0.25) is 0 Å². The van der Waals surface area contributed by atoms with Gasteiger partial charge in [-0.15, -0.1) is 0 Å². The lowest BCUT2D eigenvalue weighted by molar-refractivity contribution is 0.256. The average Bonchev–Trinajstić information content (AvgIpc) is 2.17. The van der Waals surface area contributed by atoms with Crippen LogP contribution in [0.15, 0.2) is 14.0 Å². The molecule has 0 amide bonds. The number of hydrogen-bond acceptors (Lipinski definition) is 8. The topological polar surface area (TPSA) is 55.5 Å². The fraction of sp³-hybridized carbons (Fsp3) is 0.571. The first kappa shape index (κ1) is 16.8. The van der Waals surface area contributed by atoms with Gasteiger partial charge in [0, 0.05) is 13.2 Å². The van der Waals surface area contributed by atoms with Crippen LogP contribution >= 0.6 is 36.7 Å². The van der Waals surface area contributed by atoms with E-state index in [4.69, 9.17) is 8.54 Å². The van der Waals surface area contributed by atoms with E-state index >= 15 is 0 Å². The van der Waals surface area contributed by atoms with E-state index in [9.17, 15) is 0 Å². The molecule has 17 heavy (non-hydrogen) atoms. The first-order valence-corrected chi connectivity index (χ1v) is 10.4. The summed E-state index contributed by atoms with van der Waals surface area (Å²) in [5, 5.41) is 6.75. The predicted octanol–water partition coefficient (Wildman–Crippen LogP) is 2.49. The Morgan fingerprint density at radius 3 is 1.82 bits per heavy atom. The number of thiocarbonyl (C=S) groups is 3. The van der Waals surface area contributed by atoms with E-state index in [0.29, 0.717) is 6.61 Å². The van der Waals surface area contributed by atoms with Crippen molar-refractivity contribution in [1.82, 2.24) is 0 Å². The van der Waals surface area contributed by atoms with E-state index in [1.54, 1.807) is 13.1 Å². The van der Waals surface area contributed by atoms with Gasteiger partial charge in [-0.2, -0.15) is 0 Å². The first-order chi connectivity index (χ1) is 7.95. The van der Waals surface area contributed by atoms with Crippen LogP contribution in [-0.2, 0) is 8.54 Å². The lowest BCUT2D eigenvalue weighted by Gasteiger charge is -2.25. The summed E-state index contributed by atoms with van der Waals surface area (Å²) in [4.78, 5) is 0. The van der Waals surface area contributed by atoms with Gasteiger partial charge >= 0.3 is 17.4 Å². The highest BCUT2D eigenvalue weighted by Gasteiger charge is 2.44. The number of nitrogens with zero attached hydrogens (tertiary/aromatic N) is 3. The summed E-state index contributed by atoms with van der Waals surface area (Å²) in [7, 11) is -5.73. The van der Waals surface area contributed by atoms with E-state index in [1.165, 1.54) is 0 Å². The van der Waals surface area contributed by atoms with Crippen LogP contribution < -0.4 is 0 Å². The maximum atomic E-state index is 5.76. The molecule has 0 aliphatic heterocycles. The number of isothiocyanates is 3. The third-order valence-electron chi connectivity index (χ3n) is 1.55. The van der Waals surface area contributed by atoms with Gasteiger partial charge in [0.25, 0.3) is 0 Å². The molecule has 92 valence electrons. The molecule has 0 aromatic carbocycles. The lowest BCUT2D eigenvalue weighted by atomic mass is 10.9. The van der Waals surface area contributed by atoms with Gasteiger partial charge in [0.15, 0.2) is 0 Å². The summed E-state index contributed by atoms with van der Waals surface area (Å²) >= 11 is 13.7. The Balaban J connectivity index is 5.25. The van der Waals surface area contributed by atoms with Crippen molar-refractivity contribution in [2.24, 2.45) is 14.0 Å². The summed E-state index contributed by atoms with van der Waals surface area (Å²) < 4.78 is 23.0. The number of hydrogen-bond donors (Lipinski definition) is 0. The summed E-state index contributed by atoms with van der Waals surface area (Å²) in [6, 6.07) is 0. The molecule has 0 aliphatic rings. The Labute approximate surface area is 118 Å². The minimum Gasteiger partial charge on any atom is -0.383 e. The zero-order chi connectivity index (χ0) is 13.4. The maximum absolute atomic E-state index is 5.76. The maximum Gasteiger partial charge on any atom is 0.475 e. The normalized spacial score (nSPS) is 16.4. The minimum atomic E-state index is -2.88. The third-order valence-corrected chi connectivity index (χ3v) is 7.77. The molecular formula is C7H11N3O2S3Si2. The van der Waals surface area contributed by atoms with Crippen molar-refractivity contribution >= 4 is 69.5 Å². The zero-order valence-corrected chi connectivity index (χ0v) is 14.0. The Morgan fingerprint density at radius 1 is 1.00 bits per heavy atom. The molecule has 0 aromatic heterocycles. The van der Waals surface area contributed by atoms with Crippen molar-refractivity contribution in [1.29, 1.82) is 0 Å². The van der Waals surface area contributed by atoms with E-state index in [-0.39, 0.29) is 0 Å². The fourth-order valence-electron chi connectivity index (χ4n) is 1.03. The fourth-order valence-corrected chi connectivity index (χ4v) is 7.36. The van der Waals surface area contributed by atoms with Crippen molar-refractivity contribution in [3.8, 4) is 0 Å².